The average molecular weight is 355 g/mol. The Morgan fingerprint density at radius 2 is 1.56 bits per heavy atom. The number of rotatable bonds is 1. The fourth-order valence-electron chi connectivity index (χ4n) is 1.97. The molecular formula is C14H8F2IN. The van der Waals surface area contributed by atoms with Crippen LogP contribution in [0.5, 0.6) is 0 Å². The predicted molar refractivity (Wildman–Crippen MR) is 75.9 cm³/mol. The van der Waals surface area contributed by atoms with Gasteiger partial charge in [-0.25, -0.2) is 8.78 Å². The average Bonchev–Trinajstić information content (AvgIpc) is 2.67. The lowest BCUT2D eigenvalue weighted by molar-refractivity contribution is 0.627. The van der Waals surface area contributed by atoms with Crippen molar-refractivity contribution in [3.05, 3.63) is 63.9 Å². The number of nitrogens with zero attached hydrogens (tertiary/aromatic N) is 1. The number of benzene rings is 2. The van der Waals surface area contributed by atoms with Crippen LogP contribution in [0.15, 0.2) is 48.7 Å². The van der Waals surface area contributed by atoms with Crippen LogP contribution in [0.4, 0.5) is 8.78 Å². The van der Waals surface area contributed by atoms with Gasteiger partial charge in [-0.1, -0.05) is 0 Å². The van der Waals surface area contributed by atoms with Crippen LogP contribution in [0, 0.1) is 15.2 Å². The van der Waals surface area contributed by atoms with Gasteiger partial charge in [0, 0.05) is 20.8 Å². The van der Waals surface area contributed by atoms with Crippen molar-refractivity contribution in [2.24, 2.45) is 0 Å². The molecule has 0 amide bonds. The first-order valence-electron chi connectivity index (χ1n) is 5.37. The van der Waals surface area contributed by atoms with Gasteiger partial charge in [0.1, 0.15) is 11.6 Å². The van der Waals surface area contributed by atoms with Crippen molar-refractivity contribution in [3.63, 3.8) is 0 Å². The molecule has 0 fully saturated rings. The van der Waals surface area contributed by atoms with Gasteiger partial charge in [0.05, 0.1) is 5.52 Å². The van der Waals surface area contributed by atoms with Crippen LogP contribution in [0.2, 0.25) is 0 Å². The summed E-state index contributed by atoms with van der Waals surface area (Å²) in [5.41, 5.74) is 1.60. The van der Waals surface area contributed by atoms with Crippen LogP contribution in [0.3, 0.4) is 0 Å². The SMILES string of the molecule is Fc1ccc(-n2cc(I)c3ccc(F)cc32)cc1. The molecule has 1 aromatic heterocycles. The zero-order valence-corrected chi connectivity index (χ0v) is 11.4. The lowest BCUT2D eigenvalue weighted by Gasteiger charge is -2.05. The van der Waals surface area contributed by atoms with Crippen molar-refractivity contribution < 1.29 is 8.78 Å². The molecule has 0 saturated carbocycles. The molecule has 90 valence electrons. The van der Waals surface area contributed by atoms with E-state index < -0.39 is 0 Å². The number of aromatic nitrogens is 1. The third-order valence-corrected chi connectivity index (χ3v) is 3.68. The monoisotopic (exact) mass is 355 g/mol. The Morgan fingerprint density at radius 1 is 0.889 bits per heavy atom. The molecule has 0 atom stereocenters. The van der Waals surface area contributed by atoms with E-state index in [0.29, 0.717) is 0 Å². The third-order valence-electron chi connectivity index (χ3n) is 2.82. The molecule has 1 nitrogen and oxygen atoms in total. The third kappa shape index (κ3) is 1.90. The number of halogens is 3. The highest BCUT2D eigenvalue weighted by atomic mass is 127. The van der Waals surface area contributed by atoms with Crippen LogP contribution in [-0.2, 0) is 0 Å². The lowest BCUT2D eigenvalue weighted by atomic mass is 10.2. The van der Waals surface area contributed by atoms with Crippen LogP contribution in [0.25, 0.3) is 16.6 Å². The molecular weight excluding hydrogens is 347 g/mol. The molecule has 0 N–H and O–H groups in total. The van der Waals surface area contributed by atoms with Crippen molar-refractivity contribution in [2.75, 3.05) is 0 Å². The van der Waals surface area contributed by atoms with Gasteiger partial charge in [-0.05, 0) is 65.1 Å². The molecule has 0 unspecified atom stereocenters. The highest BCUT2D eigenvalue weighted by molar-refractivity contribution is 14.1. The van der Waals surface area contributed by atoms with Crippen molar-refractivity contribution in [2.45, 2.75) is 0 Å². The van der Waals surface area contributed by atoms with E-state index in [0.717, 1.165) is 20.2 Å². The molecule has 0 saturated heterocycles. The summed E-state index contributed by atoms with van der Waals surface area (Å²) in [6, 6.07) is 10.8. The Morgan fingerprint density at radius 3 is 2.28 bits per heavy atom. The van der Waals surface area contributed by atoms with E-state index in [1.165, 1.54) is 24.3 Å². The first-order valence-corrected chi connectivity index (χ1v) is 6.45. The summed E-state index contributed by atoms with van der Waals surface area (Å²) in [4.78, 5) is 0. The minimum Gasteiger partial charge on any atom is -0.315 e. The Kier molecular flexibility index (Phi) is 2.81. The fourth-order valence-corrected chi connectivity index (χ4v) is 2.71. The Bertz CT molecular complexity index is 716. The van der Waals surface area contributed by atoms with Crippen LogP contribution in [0.1, 0.15) is 0 Å². The molecule has 2 aromatic carbocycles. The zero-order valence-electron chi connectivity index (χ0n) is 9.20. The predicted octanol–water partition coefficient (Wildman–Crippen LogP) is 4.51. The molecule has 4 heteroatoms. The summed E-state index contributed by atoms with van der Waals surface area (Å²) < 4.78 is 29.1. The molecule has 3 rings (SSSR count). The molecule has 0 spiro atoms. The van der Waals surface area contributed by atoms with Crippen LogP contribution in [-0.4, -0.2) is 4.57 Å². The number of fused-ring (bicyclic) bond motifs is 1. The zero-order chi connectivity index (χ0) is 12.7. The van der Waals surface area contributed by atoms with Gasteiger partial charge in [0.2, 0.25) is 0 Å². The van der Waals surface area contributed by atoms with E-state index in [1.54, 1.807) is 18.2 Å². The summed E-state index contributed by atoms with van der Waals surface area (Å²) in [5, 5.41) is 0.987. The van der Waals surface area contributed by atoms with Gasteiger partial charge in [0.25, 0.3) is 0 Å². The quantitative estimate of drug-likeness (QED) is 0.566. The molecule has 0 aliphatic rings. The van der Waals surface area contributed by atoms with Crippen molar-refractivity contribution in [3.8, 4) is 5.69 Å². The normalized spacial score (nSPS) is 11.1. The topological polar surface area (TPSA) is 4.93 Å². The van der Waals surface area contributed by atoms with Gasteiger partial charge in [0.15, 0.2) is 0 Å². The van der Waals surface area contributed by atoms with Gasteiger partial charge in [-0.3, -0.25) is 0 Å². The largest absolute Gasteiger partial charge is 0.315 e. The molecule has 3 aromatic rings. The highest BCUT2D eigenvalue weighted by Gasteiger charge is 2.08. The van der Waals surface area contributed by atoms with Crippen molar-refractivity contribution in [1.29, 1.82) is 0 Å². The molecule has 0 aliphatic heterocycles. The van der Waals surface area contributed by atoms with E-state index >= 15 is 0 Å². The second-order valence-corrected chi connectivity index (χ2v) is 5.15. The first kappa shape index (κ1) is 11.6. The number of hydrogen-bond donors (Lipinski definition) is 0. The standard InChI is InChI=1S/C14H8F2IN/c15-9-1-4-11(5-2-9)18-8-13(17)12-6-3-10(16)7-14(12)18/h1-8H. The second-order valence-electron chi connectivity index (χ2n) is 3.98. The summed E-state index contributed by atoms with van der Waals surface area (Å²) >= 11 is 2.21. The van der Waals surface area contributed by atoms with Gasteiger partial charge in [-0.2, -0.15) is 0 Å². The Balaban J connectivity index is 2.28. The molecule has 0 aliphatic carbocycles. The van der Waals surface area contributed by atoms with Crippen molar-refractivity contribution in [1.82, 2.24) is 4.57 Å². The summed E-state index contributed by atoms with van der Waals surface area (Å²) in [6.45, 7) is 0. The maximum absolute atomic E-state index is 13.3. The van der Waals surface area contributed by atoms with Crippen LogP contribution < -0.4 is 0 Å². The van der Waals surface area contributed by atoms with Crippen molar-refractivity contribution >= 4 is 33.5 Å². The van der Waals surface area contributed by atoms with E-state index in [9.17, 15) is 8.78 Å². The summed E-state index contributed by atoms with van der Waals surface area (Å²) in [7, 11) is 0. The van der Waals surface area contributed by atoms with E-state index in [2.05, 4.69) is 22.6 Å². The fraction of sp³-hybridized carbons (Fsp3) is 0. The van der Waals surface area contributed by atoms with Crippen LogP contribution >= 0.6 is 22.6 Å². The van der Waals surface area contributed by atoms with Gasteiger partial charge >= 0.3 is 0 Å². The minimum absolute atomic E-state index is 0.277. The molecule has 0 radical (unpaired) electrons. The number of hydrogen-bond acceptors (Lipinski definition) is 0. The maximum Gasteiger partial charge on any atom is 0.125 e. The molecule has 0 bridgehead atoms. The summed E-state index contributed by atoms with van der Waals surface area (Å²) in [6.07, 6.45) is 1.91. The minimum atomic E-state index is -0.281. The summed E-state index contributed by atoms with van der Waals surface area (Å²) in [5.74, 6) is -0.559. The Hall–Kier alpha value is -1.43. The maximum atomic E-state index is 13.3. The van der Waals surface area contributed by atoms with E-state index in [4.69, 9.17) is 0 Å². The molecule has 1 heterocycles. The van der Waals surface area contributed by atoms with Gasteiger partial charge < -0.3 is 4.57 Å². The molecule has 18 heavy (non-hydrogen) atoms. The second kappa shape index (κ2) is 4.35. The van der Waals surface area contributed by atoms with E-state index in [1.807, 2.05) is 10.8 Å². The highest BCUT2D eigenvalue weighted by Crippen LogP contribution is 2.26. The first-order chi connectivity index (χ1) is 8.65. The smallest absolute Gasteiger partial charge is 0.125 e. The Labute approximate surface area is 116 Å². The van der Waals surface area contributed by atoms with E-state index in [-0.39, 0.29) is 11.6 Å². The van der Waals surface area contributed by atoms with Gasteiger partial charge in [-0.15, -0.1) is 0 Å². The lowest BCUT2D eigenvalue weighted by Crippen LogP contribution is -1.92.